The molecule has 0 aromatic heterocycles. The van der Waals surface area contributed by atoms with Crippen LogP contribution in [0.1, 0.15) is 5.56 Å². The van der Waals surface area contributed by atoms with Crippen molar-refractivity contribution in [2.45, 2.75) is 6.92 Å². The molecule has 0 nitrogen and oxygen atoms in total. The smallest absolute Gasteiger partial charge is 0.00987 e. The largest absolute Gasteiger partial charge is 0.0613 e. The number of hydrogen-bond donors (Lipinski definition) is 0. The Hall–Kier alpha value is -1.82. The Morgan fingerprint density at radius 3 is 2.60 bits per heavy atom. The van der Waals surface area contributed by atoms with E-state index in [4.69, 9.17) is 0 Å². The molecule has 0 aliphatic heterocycles. The highest BCUT2D eigenvalue weighted by atomic mass is 14.0. The van der Waals surface area contributed by atoms with Gasteiger partial charge in [0.1, 0.15) is 0 Å². The van der Waals surface area contributed by atoms with Crippen LogP contribution >= 0.6 is 0 Å². The summed E-state index contributed by atoms with van der Waals surface area (Å²) < 4.78 is 0. The van der Waals surface area contributed by atoms with Crippen LogP contribution in [-0.2, 0) is 0 Å². The monoisotopic (exact) mass is 191 g/mol. The Morgan fingerprint density at radius 1 is 0.800 bits per heavy atom. The first kappa shape index (κ1) is 8.49. The maximum atomic E-state index is 3.26. The minimum Gasteiger partial charge on any atom is -0.0613 e. The van der Waals surface area contributed by atoms with Crippen LogP contribution < -0.4 is 0 Å². The summed E-state index contributed by atoms with van der Waals surface area (Å²) in [6, 6.07) is 20.2. The van der Waals surface area contributed by atoms with Crippen LogP contribution in [0, 0.1) is 13.0 Å². The summed E-state index contributed by atoms with van der Waals surface area (Å²) in [6.07, 6.45) is 0. The third-order valence-electron chi connectivity index (χ3n) is 2.92. The van der Waals surface area contributed by atoms with Gasteiger partial charge in [-0.15, -0.1) is 0 Å². The van der Waals surface area contributed by atoms with Gasteiger partial charge >= 0.3 is 0 Å². The molecule has 0 N–H and O–H groups in total. The molecule has 3 aromatic rings. The van der Waals surface area contributed by atoms with Crippen LogP contribution in [0.4, 0.5) is 0 Å². The summed E-state index contributed by atoms with van der Waals surface area (Å²) in [7, 11) is 0. The van der Waals surface area contributed by atoms with E-state index >= 15 is 0 Å². The fraction of sp³-hybridized carbons (Fsp3) is 0.0667. The van der Waals surface area contributed by atoms with Crippen molar-refractivity contribution in [3.8, 4) is 0 Å². The van der Waals surface area contributed by atoms with E-state index in [0.29, 0.717) is 0 Å². The molecule has 0 bridgehead atoms. The highest BCUT2D eigenvalue weighted by Gasteiger charge is 2.00. The first-order chi connectivity index (χ1) is 7.36. The average molecular weight is 191 g/mol. The molecule has 0 atom stereocenters. The zero-order valence-corrected chi connectivity index (χ0v) is 8.62. The van der Waals surface area contributed by atoms with Crippen molar-refractivity contribution in [3.63, 3.8) is 0 Å². The Balaban J connectivity index is 2.60. The molecule has 3 aromatic carbocycles. The second kappa shape index (κ2) is 3.09. The molecule has 3 rings (SSSR count). The van der Waals surface area contributed by atoms with Gasteiger partial charge in [0.2, 0.25) is 0 Å². The first-order valence-corrected chi connectivity index (χ1v) is 5.15. The normalized spacial score (nSPS) is 11.0. The molecule has 0 aliphatic carbocycles. The molecule has 15 heavy (non-hydrogen) atoms. The predicted molar refractivity (Wildman–Crippen MR) is 65.0 cm³/mol. The Bertz CT molecular complexity index is 636. The van der Waals surface area contributed by atoms with Crippen molar-refractivity contribution in [1.82, 2.24) is 0 Å². The molecule has 0 saturated carbocycles. The fourth-order valence-corrected chi connectivity index (χ4v) is 2.13. The van der Waals surface area contributed by atoms with Crippen LogP contribution in [0.3, 0.4) is 0 Å². The van der Waals surface area contributed by atoms with Gasteiger partial charge in [0.05, 0.1) is 0 Å². The van der Waals surface area contributed by atoms with Gasteiger partial charge in [0, 0.05) is 0 Å². The van der Waals surface area contributed by atoms with Crippen LogP contribution in [0.25, 0.3) is 21.5 Å². The van der Waals surface area contributed by atoms with E-state index in [1.54, 1.807) is 0 Å². The van der Waals surface area contributed by atoms with Gasteiger partial charge in [-0.25, -0.2) is 0 Å². The summed E-state index contributed by atoms with van der Waals surface area (Å²) in [5.74, 6) is 0. The molecule has 0 spiro atoms. The lowest BCUT2D eigenvalue weighted by Gasteiger charge is -2.05. The van der Waals surface area contributed by atoms with Crippen molar-refractivity contribution >= 4 is 21.5 Å². The lowest BCUT2D eigenvalue weighted by atomic mass is 9.99. The van der Waals surface area contributed by atoms with E-state index < -0.39 is 0 Å². The summed E-state index contributed by atoms with van der Waals surface area (Å²) in [5.41, 5.74) is 1.33. The van der Waals surface area contributed by atoms with Gasteiger partial charge in [0.15, 0.2) is 0 Å². The van der Waals surface area contributed by atoms with E-state index in [-0.39, 0.29) is 0 Å². The second-order valence-corrected chi connectivity index (χ2v) is 3.87. The molecule has 0 saturated heterocycles. The van der Waals surface area contributed by atoms with Crippen LogP contribution in [0.2, 0.25) is 0 Å². The van der Waals surface area contributed by atoms with Gasteiger partial charge in [0.25, 0.3) is 0 Å². The van der Waals surface area contributed by atoms with Crippen LogP contribution in [0.5, 0.6) is 0 Å². The average Bonchev–Trinajstić information content (AvgIpc) is 2.29. The third-order valence-corrected chi connectivity index (χ3v) is 2.92. The number of benzene rings is 3. The lowest BCUT2D eigenvalue weighted by Crippen LogP contribution is -1.80. The van der Waals surface area contributed by atoms with E-state index in [1.807, 2.05) is 12.1 Å². The summed E-state index contributed by atoms with van der Waals surface area (Å²) in [4.78, 5) is 0. The Labute approximate surface area is 89.2 Å². The number of rotatable bonds is 0. The SMILES string of the molecule is Cc1cccc2c1ccc1[c]cccc12. The van der Waals surface area contributed by atoms with E-state index in [1.165, 1.54) is 27.1 Å². The first-order valence-electron chi connectivity index (χ1n) is 5.15. The number of aryl methyl sites for hydroxylation is 1. The Kier molecular flexibility index (Phi) is 1.75. The highest BCUT2D eigenvalue weighted by Crippen LogP contribution is 2.26. The van der Waals surface area contributed by atoms with Crippen molar-refractivity contribution in [2.75, 3.05) is 0 Å². The predicted octanol–water partition coefficient (Wildman–Crippen LogP) is 4.10. The van der Waals surface area contributed by atoms with E-state index in [9.17, 15) is 0 Å². The van der Waals surface area contributed by atoms with Crippen molar-refractivity contribution < 1.29 is 0 Å². The summed E-state index contributed by atoms with van der Waals surface area (Å²) in [5, 5.41) is 5.14. The van der Waals surface area contributed by atoms with Crippen molar-refractivity contribution in [3.05, 3.63) is 60.2 Å². The van der Waals surface area contributed by atoms with Gasteiger partial charge < -0.3 is 0 Å². The molecule has 0 amide bonds. The van der Waals surface area contributed by atoms with Gasteiger partial charge in [-0.2, -0.15) is 0 Å². The molecule has 71 valence electrons. The quantitative estimate of drug-likeness (QED) is 0.469. The third kappa shape index (κ3) is 1.22. The van der Waals surface area contributed by atoms with Crippen LogP contribution in [-0.4, -0.2) is 0 Å². The van der Waals surface area contributed by atoms with Crippen LogP contribution in [0.15, 0.2) is 48.5 Å². The molecule has 0 aliphatic rings. The van der Waals surface area contributed by atoms with Gasteiger partial charge in [-0.3, -0.25) is 0 Å². The minimum absolute atomic E-state index is 1.19. The van der Waals surface area contributed by atoms with E-state index in [2.05, 4.69) is 49.4 Å². The number of fused-ring (bicyclic) bond motifs is 3. The molecule has 0 fully saturated rings. The zero-order valence-electron chi connectivity index (χ0n) is 8.62. The number of hydrogen-bond acceptors (Lipinski definition) is 0. The topological polar surface area (TPSA) is 0 Å². The zero-order chi connectivity index (χ0) is 10.3. The summed E-state index contributed by atoms with van der Waals surface area (Å²) >= 11 is 0. The van der Waals surface area contributed by atoms with Crippen molar-refractivity contribution in [1.29, 1.82) is 0 Å². The molecule has 0 heteroatoms. The fourth-order valence-electron chi connectivity index (χ4n) is 2.13. The molecular formula is C15H11. The standard InChI is InChI=1S/C15H11/c1-11-5-4-8-15-13(11)10-9-12-6-2-3-7-14(12)15/h2-5,7-10H,1H3. The molecule has 0 unspecified atom stereocenters. The molecular weight excluding hydrogens is 180 g/mol. The maximum Gasteiger partial charge on any atom is -0.00987 e. The highest BCUT2D eigenvalue weighted by molar-refractivity contribution is 6.08. The second-order valence-electron chi connectivity index (χ2n) is 3.87. The van der Waals surface area contributed by atoms with E-state index in [0.717, 1.165) is 0 Å². The van der Waals surface area contributed by atoms with Crippen molar-refractivity contribution in [2.24, 2.45) is 0 Å². The van der Waals surface area contributed by atoms with Gasteiger partial charge in [-0.05, 0) is 40.1 Å². The maximum absolute atomic E-state index is 3.26. The summed E-state index contributed by atoms with van der Waals surface area (Å²) in [6.45, 7) is 2.15. The molecule has 0 heterocycles. The Morgan fingerprint density at radius 2 is 1.67 bits per heavy atom. The lowest BCUT2D eigenvalue weighted by molar-refractivity contribution is 1.54. The van der Waals surface area contributed by atoms with Gasteiger partial charge in [-0.1, -0.05) is 48.5 Å². The molecule has 1 radical (unpaired) electrons. The minimum atomic E-state index is 1.19.